The maximum atomic E-state index is 12.2. The summed E-state index contributed by atoms with van der Waals surface area (Å²) in [5, 5.41) is 9.42. The Labute approximate surface area is 134 Å². The van der Waals surface area contributed by atoms with Crippen LogP contribution in [-0.2, 0) is 20.0 Å². The van der Waals surface area contributed by atoms with Gasteiger partial charge in [0.1, 0.15) is 5.69 Å². The van der Waals surface area contributed by atoms with Gasteiger partial charge in [-0.2, -0.15) is 5.10 Å². The summed E-state index contributed by atoms with van der Waals surface area (Å²) in [6.07, 6.45) is 1.12. The molecule has 0 aliphatic carbocycles. The quantitative estimate of drug-likeness (QED) is 0.937. The molecule has 1 atom stereocenters. The lowest BCUT2D eigenvalue weighted by atomic mass is 10.1. The third-order valence-corrected chi connectivity index (χ3v) is 5.28. The van der Waals surface area contributed by atoms with Gasteiger partial charge in [-0.1, -0.05) is 0 Å². The number of rotatable bonds is 4. The van der Waals surface area contributed by atoms with Crippen LogP contribution in [0.5, 0.6) is 0 Å². The van der Waals surface area contributed by atoms with E-state index in [0.29, 0.717) is 18.3 Å². The van der Waals surface area contributed by atoms with Crippen LogP contribution in [0.25, 0.3) is 0 Å². The molecule has 0 bridgehead atoms. The van der Waals surface area contributed by atoms with Crippen LogP contribution in [0.15, 0.2) is 17.5 Å². The Morgan fingerprint density at radius 3 is 3.09 bits per heavy atom. The van der Waals surface area contributed by atoms with Crippen molar-refractivity contribution in [3.63, 3.8) is 0 Å². The maximum Gasteiger partial charge on any atom is 0.269 e. The van der Waals surface area contributed by atoms with Gasteiger partial charge in [0.15, 0.2) is 0 Å². The predicted octanol–water partition coefficient (Wildman–Crippen LogP) is 1.97. The zero-order valence-corrected chi connectivity index (χ0v) is 14.1. The van der Waals surface area contributed by atoms with Crippen molar-refractivity contribution in [3.05, 3.63) is 39.3 Å². The Hall–Kier alpha value is -1.66. The Bertz CT molecular complexity index is 675. The Kier molecular flexibility index (Phi) is 4.31. The molecule has 2 aromatic heterocycles. The van der Waals surface area contributed by atoms with E-state index in [2.05, 4.69) is 33.7 Å². The van der Waals surface area contributed by atoms with Crippen molar-refractivity contribution in [1.82, 2.24) is 20.0 Å². The summed E-state index contributed by atoms with van der Waals surface area (Å²) in [5.74, 6) is -0.0526. The lowest BCUT2D eigenvalue weighted by Gasteiger charge is -2.32. The van der Waals surface area contributed by atoms with Crippen LogP contribution in [0.2, 0.25) is 0 Å². The largest absolute Gasteiger partial charge is 0.349 e. The molecule has 0 saturated carbocycles. The van der Waals surface area contributed by atoms with E-state index in [-0.39, 0.29) is 5.91 Å². The number of nitrogens with one attached hydrogen (secondary N) is 1. The van der Waals surface area contributed by atoms with Crippen molar-refractivity contribution in [2.75, 3.05) is 13.1 Å². The molecule has 0 aromatic carbocycles. The number of aromatic nitrogens is 2. The summed E-state index contributed by atoms with van der Waals surface area (Å²) < 4.78 is 1.63. The molecule has 1 amide bonds. The molecule has 0 unspecified atom stereocenters. The van der Waals surface area contributed by atoms with Crippen LogP contribution < -0.4 is 5.32 Å². The molecule has 0 spiro atoms. The van der Waals surface area contributed by atoms with Gasteiger partial charge in [-0.15, -0.1) is 11.3 Å². The average molecular weight is 318 g/mol. The Balaban J connectivity index is 1.55. The van der Waals surface area contributed by atoms with Crippen molar-refractivity contribution >= 4 is 17.2 Å². The second kappa shape index (κ2) is 6.22. The average Bonchev–Trinajstić information content (AvgIpc) is 3.09. The molecule has 1 aliphatic rings. The van der Waals surface area contributed by atoms with Crippen LogP contribution in [0.1, 0.15) is 33.5 Å². The predicted molar refractivity (Wildman–Crippen MR) is 88.2 cm³/mol. The van der Waals surface area contributed by atoms with Crippen molar-refractivity contribution < 1.29 is 4.79 Å². The number of carbonyl (C=O) groups excluding carboxylic acids is 1. The molecule has 3 rings (SSSR count). The SMILES string of the molecule is Cc1cc(C(=O)NC[C@@H](C)N2CCc3sccc3C2)n(C)n1. The number of aryl methyl sites for hydroxylation is 2. The first-order chi connectivity index (χ1) is 10.5. The molecule has 118 valence electrons. The summed E-state index contributed by atoms with van der Waals surface area (Å²) in [6.45, 7) is 6.77. The fraction of sp³-hybridized carbons (Fsp3) is 0.500. The van der Waals surface area contributed by atoms with E-state index < -0.39 is 0 Å². The molecule has 2 aromatic rings. The molecule has 1 aliphatic heterocycles. The number of amides is 1. The van der Waals surface area contributed by atoms with Crippen LogP contribution in [0, 0.1) is 6.92 Å². The van der Waals surface area contributed by atoms with E-state index in [1.54, 1.807) is 11.7 Å². The van der Waals surface area contributed by atoms with Gasteiger partial charge in [-0.05, 0) is 43.3 Å². The smallest absolute Gasteiger partial charge is 0.269 e. The first kappa shape index (κ1) is 15.2. The van der Waals surface area contributed by atoms with Crippen LogP contribution >= 0.6 is 11.3 Å². The maximum absolute atomic E-state index is 12.2. The number of nitrogens with zero attached hydrogens (tertiary/aromatic N) is 3. The minimum Gasteiger partial charge on any atom is -0.349 e. The summed E-state index contributed by atoms with van der Waals surface area (Å²) in [4.78, 5) is 16.2. The molecule has 0 saturated heterocycles. The minimum absolute atomic E-state index is 0.0526. The van der Waals surface area contributed by atoms with E-state index in [1.807, 2.05) is 24.3 Å². The first-order valence-electron chi connectivity index (χ1n) is 7.62. The molecule has 5 nitrogen and oxygen atoms in total. The van der Waals surface area contributed by atoms with Crippen LogP contribution in [-0.4, -0.2) is 39.7 Å². The lowest BCUT2D eigenvalue weighted by molar-refractivity contribution is 0.0923. The molecule has 3 heterocycles. The lowest BCUT2D eigenvalue weighted by Crippen LogP contribution is -2.44. The van der Waals surface area contributed by atoms with Gasteiger partial charge in [-0.3, -0.25) is 14.4 Å². The van der Waals surface area contributed by atoms with Crippen molar-refractivity contribution in [1.29, 1.82) is 0 Å². The summed E-state index contributed by atoms with van der Waals surface area (Å²) in [5.41, 5.74) is 2.92. The Morgan fingerprint density at radius 2 is 2.36 bits per heavy atom. The highest BCUT2D eigenvalue weighted by Crippen LogP contribution is 2.24. The molecule has 0 fully saturated rings. The van der Waals surface area contributed by atoms with E-state index >= 15 is 0 Å². The number of fused-ring (bicyclic) bond motifs is 1. The van der Waals surface area contributed by atoms with E-state index in [4.69, 9.17) is 0 Å². The fourth-order valence-corrected chi connectivity index (χ4v) is 3.82. The van der Waals surface area contributed by atoms with Gasteiger partial charge in [0.2, 0.25) is 0 Å². The number of thiophene rings is 1. The summed E-state index contributed by atoms with van der Waals surface area (Å²) >= 11 is 1.85. The van der Waals surface area contributed by atoms with E-state index in [9.17, 15) is 4.79 Å². The third kappa shape index (κ3) is 3.08. The zero-order chi connectivity index (χ0) is 15.7. The normalized spacial score (nSPS) is 16.3. The number of hydrogen-bond donors (Lipinski definition) is 1. The van der Waals surface area contributed by atoms with Gasteiger partial charge in [0.25, 0.3) is 5.91 Å². The second-order valence-corrected chi connectivity index (χ2v) is 6.94. The van der Waals surface area contributed by atoms with Crippen LogP contribution in [0.3, 0.4) is 0 Å². The summed E-state index contributed by atoms with van der Waals surface area (Å²) in [7, 11) is 1.80. The highest BCUT2D eigenvalue weighted by Gasteiger charge is 2.22. The summed E-state index contributed by atoms with van der Waals surface area (Å²) in [6, 6.07) is 4.36. The minimum atomic E-state index is -0.0526. The number of carbonyl (C=O) groups is 1. The molecule has 1 N–H and O–H groups in total. The topological polar surface area (TPSA) is 50.2 Å². The Morgan fingerprint density at radius 1 is 1.55 bits per heavy atom. The van der Waals surface area contributed by atoms with Gasteiger partial charge in [-0.25, -0.2) is 0 Å². The third-order valence-electron chi connectivity index (χ3n) is 4.25. The van der Waals surface area contributed by atoms with Gasteiger partial charge < -0.3 is 5.32 Å². The highest BCUT2D eigenvalue weighted by molar-refractivity contribution is 7.10. The standard InChI is InChI=1S/C16H22N4OS/c1-11-8-14(19(3)18-11)16(21)17-9-12(2)20-6-4-15-13(10-20)5-7-22-15/h5,7-8,12H,4,6,9-10H2,1-3H3,(H,17,21)/t12-/m1/s1. The molecule has 6 heteroatoms. The highest BCUT2D eigenvalue weighted by atomic mass is 32.1. The van der Waals surface area contributed by atoms with Gasteiger partial charge >= 0.3 is 0 Å². The molecule has 22 heavy (non-hydrogen) atoms. The molecular weight excluding hydrogens is 296 g/mol. The second-order valence-electron chi connectivity index (χ2n) is 5.94. The van der Waals surface area contributed by atoms with Crippen molar-refractivity contribution in [3.8, 4) is 0 Å². The van der Waals surface area contributed by atoms with E-state index in [1.165, 1.54) is 10.4 Å². The van der Waals surface area contributed by atoms with Crippen molar-refractivity contribution in [2.24, 2.45) is 7.05 Å². The monoisotopic (exact) mass is 318 g/mol. The fourth-order valence-electron chi connectivity index (χ4n) is 2.93. The van der Waals surface area contributed by atoms with Gasteiger partial charge in [0, 0.05) is 37.6 Å². The first-order valence-corrected chi connectivity index (χ1v) is 8.50. The van der Waals surface area contributed by atoms with Crippen LogP contribution in [0.4, 0.5) is 0 Å². The van der Waals surface area contributed by atoms with Crippen molar-refractivity contribution in [2.45, 2.75) is 32.9 Å². The van der Waals surface area contributed by atoms with Gasteiger partial charge in [0.05, 0.1) is 5.69 Å². The van der Waals surface area contributed by atoms with E-state index in [0.717, 1.165) is 25.2 Å². The zero-order valence-electron chi connectivity index (χ0n) is 13.3. The molecular formula is C16H22N4OS. The number of hydrogen-bond acceptors (Lipinski definition) is 4. The molecule has 0 radical (unpaired) electrons.